The van der Waals surface area contributed by atoms with Crippen molar-refractivity contribution >= 4 is 29.9 Å². The van der Waals surface area contributed by atoms with Gasteiger partial charge in [0.2, 0.25) is 0 Å². The maximum atomic E-state index is 5.76. The highest BCUT2D eigenvalue weighted by atomic mass is 127. The van der Waals surface area contributed by atoms with Crippen molar-refractivity contribution in [3.8, 4) is 0 Å². The average Bonchev–Trinajstić information content (AvgIpc) is 2.97. The van der Waals surface area contributed by atoms with Crippen LogP contribution in [0.3, 0.4) is 0 Å². The van der Waals surface area contributed by atoms with Gasteiger partial charge in [0.05, 0.1) is 6.10 Å². The van der Waals surface area contributed by atoms with Crippen LogP contribution in [0.2, 0.25) is 0 Å². The molecule has 0 saturated carbocycles. The molecule has 156 valence electrons. The molecule has 2 heterocycles. The van der Waals surface area contributed by atoms with Crippen LogP contribution in [-0.2, 0) is 23.1 Å². The summed E-state index contributed by atoms with van der Waals surface area (Å²) in [7, 11) is 1.98. The normalized spacial score (nSPS) is 15.7. The highest BCUT2D eigenvalue weighted by molar-refractivity contribution is 14.0. The van der Waals surface area contributed by atoms with Crippen molar-refractivity contribution in [2.24, 2.45) is 12.0 Å². The van der Waals surface area contributed by atoms with Crippen molar-refractivity contribution in [3.05, 3.63) is 11.6 Å². The van der Waals surface area contributed by atoms with E-state index in [0.29, 0.717) is 12.6 Å². The predicted octanol–water partition coefficient (Wildman–Crippen LogP) is 2.11. The fourth-order valence-electron chi connectivity index (χ4n) is 2.99. The quantitative estimate of drug-likeness (QED) is 0.245. The van der Waals surface area contributed by atoms with Crippen molar-refractivity contribution in [1.82, 2.24) is 25.0 Å². The summed E-state index contributed by atoms with van der Waals surface area (Å²) in [6.07, 6.45) is 3.41. The van der Waals surface area contributed by atoms with Gasteiger partial charge in [-0.05, 0) is 40.0 Å². The fourth-order valence-corrected chi connectivity index (χ4v) is 2.99. The molecule has 1 aliphatic heterocycles. The maximum absolute atomic E-state index is 5.76. The summed E-state index contributed by atoms with van der Waals surface area (Å²) in [6, 6.07) is 0. The first-order valence-electron chi connectivity index (χ1n) is 9.73. The number of piperidine rings is 1. The van der Waals surface area contributed by atoms with Gasteiger partial charge in [-0.25, -0.2) is 4.99 Å². The standard InChI is InChI=1S/C18H34N6O2.HI/c1-5-25-13-7-10-19-18(20-14-17-22-21-15(3)23(17)4)24-11-8-16(9-12-24)26-6-2;/h16H,5-14H2,1-4H3,(H,19,20);1H. The Morgan fingerprint density at radius 1 is 1.22 bits per heavy atom. The zero-order chi connectivity index (χ0) is 18.8. The van der Waals surface area contributed by atoms with Gasteiger partial charge in [0.1, 0.15) is 12.4 Å². The number of hydrogen-bond donors (Lipinski definition) is 1. The van der Waals surface area contributed by atoms with E-state index in [1.807, 2.05) is 25.5 Å². The minimum absolute atomic E-state index is 0. The molecule has 8 nitrogen and oxygen atoms in total. The summed E-state index contributed by atoms with van der Waals surface area (Å²) >= 11 is 0. The van der Waals surface area contributed by atoms with Gasteiger partial charge in [0.25, 0.3) is 0 Å². The number of aliphatic imine (C=N–C) groups is 1. The Kier molecular flexibility index (Phi) is 11.8. The molecule has 0 bridgehead atoms. The van der Waals surface area contributed by atoms with E-state index in [1.165, 1.54) is 0 Å². The van der Waals surface area contributed by atoms with E-state index in [4.69, 9.17) is 14.5 Å². The average molecular weight is 494 g/mol. The Morgan fingerprint density at radius 2 is 1.96 bits per heavy atom. The molecular formula is C18H35IN6O2. The van der Waals surface area contributed by atoms with E-state index >= 15 is 0 Å². The SMILES string of the molecule is CCOCCCNC(=NCc1nnc(C)n1C)N1CCC(OCC)CC1.I. The molecule has 0 aliphatic carbocycles. The van der Waals surface area contributed by atoms with Crippen molar-refractivity contribution in [3.63, 3.8) is 0 Å². The monoisotopic (exact) mass is 494 g/mol. The number of aryl methyl sites for hydroxylation is 1. The fraction of sp³-hybridized carbons (Fsp3) is 0.833. The van der Waals surface area contributed by atoms with E-state index in [2.05, 4.69) is 27.3 Å². The highest BCUT2D eigenvalue weighted by Gasteiger charge is 2.21. The number of guanidine groups is 1. The third-order valence-electron chi connectivity index (χ3n) is 4.65. The summed E-state index contributed by atoms with van der Waals surface area (Å²) in [4.78, 5) is 7.13. The lowest BCUT2D eigenvalue weighted by Crippen LogP contribution is -2.47. The van der Waals surface area contributed by atoms with Gasteiger partial charge in [-0.15, -0.1) is 34.2 Å². The Hall–Kier alpha value is -0.940. The molecule has 1 aromatic rings. The van der Waals surface area contributed by atoms with Crippen LogP contribution in [-0.4, -0.2) is 71.2 Å². The minimum atomic E-state index is 0. The number of nitrogens with one attached hydrogen (secondary N) is 1. The number of rotatable bonds is 9. The molecule has 1 aromatic heterocycles. The lowest BCUT2D eigenvalue weighted by atomic mass is 10.1. The summed E-state index contributed by atoms with van der Waals surface area (Å²) in [5.74, 6) is 2.72. The van der Waals surface area contributed by atoms with Gasteiger partial charge in [-0.1, -0.05) is 0 Å². The molecule has 1 fully saturated rings. The van der Waals surface area contributed by atoms with Gasteiger partial charge < -0.3 is 24.3 Å². The Morgan fingerprint density at radius 3 is 2.56 bits per heavy atom. The van der Waals surface area contributed by atoms with Crippen LogP contribution in [0.15, 0.2) is 4.99 Å². The van der Waals surface area contributed by atoms with E-state index in [-0.39, 0.29) is 24.0 Å². The molecule has 0 atom stereocenters. The predicted molar refractivity (Wildman–Crippen MR) is 118 cm³/mol. The number of halogens is 1. The molecule has 9 heteroatoms. The van der Waals surface area contributed by atoms with E-state index in [0.717, 1.165) is 76.3 Å². The van der Waals surface area contributed by atoms with Crippen molar-refractivity contribution in [2.75, 3.05) is 39.5 Å². The van der Waals surface area contributed by atoms with Gasteiger partial charge >= 0.3 is 0 Å². The topological polar surface area (TPSA) is 76.8 Å². The van der Waals surface area contributed by atoms with Gasteiger partial charge in [0.15, 0.2) is 11.8 Å². The Bertz CT molecular complexity index is 558. The molecule has 2 rings (SSSR count). The summed E-state index contributed by atoms with van der Waals surface area (Å²) < 4.78 is 13.2. The van der Waals surface area contributed by atoms with Crippen LogP contribution in [0.25, 0.3) is 0 Å². The van der Waals surface area contributed by atoms with Gasteiger partial charge in [0, 0.05) is 46.5 Å². The van der Waals surface area contributed by atoms with Crippen LogP contribution >= 0.6 is 24.0 Å². The maximum Gasteiger partial charge on any atom is 0.194 e. The summed E-state index contributed by atoms with van der Waals surface area (Å²) in [6.45, 7) is 11.6. The van der Waals surface area contributed by atoms with Crippen LogP contribution in [0, 0.1) is 6.92 Å². The summed E-state index contributed by atoms with van der Waals surface area (Å²) in [5.41, 5.74) is 0. The third kappa shape index (κ3) is 7.90. The van der Waals surface area contributed by atoms with Crippen LogP contribution in [0.1, 0.15) is 44.8 Å². The number of aromatic nitrogens is 3. The van der Waals surface area contributed by atoms with Crippen molar-refractivity contribution < 1.29 is 9.47 Å². The smallest absolute Gasteiger partial charge is 0.194 e. The lowest BCUT2D eigenvalue weighted by molar-refractivity contribution is 0.0263. The number of likely N-dealkylation sites (tertiary alicyclic amines) is 1. The molecule has 0 amide bonds. The molecule has 27 heavy (non-hydrogen) atoms. The Balaban J connectivity index is 0.00000364. The largest absolute Gasteiger partial charge is 0.382 e. The molecule has 1 N–H and O–H groups in total. The molecule has 0 aromatic carbocycles. The second kappa shape index (κ2) is 13.3. The zero-order valence-electron chi connectivity index (χ0n) is 17.1. The van der Waals surface area contributed by atoms with E-state index in [1.54, 1.807) is 0 Å². The number of hydrogen-bond acceptors (Lipinski definition) is 5. The van der Waals surface area contributed by atoms with E-state index < -0.39 is 0 Å². The van der Waals surface area contributed by atoms with Crippen LogP contribution in [0.4, 0.5) is 0 Å². The second-order valence-electron chi connectivity index (χ2n) is 6.48. The lowest BCUT2D eigenvalue weighted by Gasteiger charge is -2.34. The molecule has 1 aliphatic rings. The van der Waals surface area contributed by atoms with Gasteiger partial charge in [-0.3, -0.25) is 0 Å². The van der Waals surface area contributed by atoms with Crippen molar-refractivity contribution in [2.45, 2.75) is 52.7 Å². The molecule has 1 saturated heterocycles. The van der Waals surface area contributed by atoms with Gasteiger partial charge in [-0.2, -0.15) is 0 Å². The van der Waals surface area contributed by atoms with Crippen LogP contribution in [0.5, 0.6) is 0 Å². The van der Waals surface area contributed by atoms with Crippen molar-refractivity contribution in [1.29, 1.82) is 0 Å². The highest BCUT2D eigenvalue weighted by Crippen LogP contribution is 2.14. The first-order valence-corrected chi connectivity index (χ1v) is 9.73. The summed E-state index contributed by atoms with van der Waals surface area (Å²) in [5, 5.41) is 11.8. The minimum Gasteiger partial charge on any atom is -0.382 e. The first kappa shape index (κ1) is 24.1. The second-order valence-corrected chi connectivity index (χ2v) is 6.48. The molecular weight excluding hydrogens is 459 g/mol. The number of nitrogens with zero attached hydrogens (tertiary/aromatic N) is 5. The molecule has 0 unspecified atom stereocenters. The molecule has 0 radical (unpaired) electrons. The first-order chi connectivity index (χ1) is 12.7. The molecule has 0 spiro atoms. The number of ether oxygens (including phenoxy) is 2. The Labute approximate surface area is 180 Å². The van der Waals surface area contributed by atoms with Crippen LogP contribution < -0.4 is 5.32 Å². The third-order valence-corrected chi connectivity index (χ3v) is 4.65. The zero-order valence-corrected chi connectivity index (χ0v) is 19.4. The van der Waals surface area contributed by atoms with E-state index in [9.17, 15) is 0 Å².